The third-order valence-electron chi connectivity index (χ3n) is 7.50. The minimum atomic E-state index is -0.0515. The van der Waals surface area contributed by atoms with Gasteiger partial charge in [-0.15, -0.1) is 0 Å². The average Bonchev–Trinajstić information content (AvgIpc) is 3.44. The lowest BCUT2D eigenvalue weighted by atomic mass is 10.1. The zero-order chi connectivity index (χ0) is 23.9. The van der Waals surface area contributed by atoms with Crippen LogP contribution in [0, 0.1) is 0 Å². The second kappa shape index (κ2) is 9.05. The first-order chi connectivity index (χ1) is 17.1. The quantitative estimate of drug-likeness (QED) is 0.569. The second-order valence-electron chi connectivity index (χ2n) is 9.88. The maximum absolute atomic E-state index is 12.2. The van der Waals surface area contributed by atoms with E-state index in [-0.39, 0.29) is 11.9 Å². The number of nitrogens with zero attached hydrogens (tertiary/aromatic N) is 6. The molecule has 5 heterocycles. The zero-order valence-electron chi connectivity index (χ0n) is 19.8. The number of nitrogens with two attached hydrogens (primary N) is 1. The van der Waals surface area contributed by atoms with Crippen LogP contribution in [0.4, 0.5) is 5.82 Å². The van der Waals surface area contributed by atoms with E-state index in [1.165, 1.54) is 30.8 Å². The van der Waals surface area contributed by atoms with Crippen LogP contribution in [0.15, 0.2) is 43.2 Å². The lowest BCUT2D eigenvalue weighted by molar-refractivity contribution is -0.127. The standard InChI is InChI=1S/C26H31N7O2/c1-2-22(34)32-11-3-4-19(13-32)33-26-23(25(27)28-16-29-26)24(30-33)18-7-5-17(6-8-18)12-31-14-20-9-10-21(15-31)35-20/h2,5-8,16,19-21H,1,3-4,9-15H2,(H2,27,28,29). The molecule has 2 aromatic heterocycles. The molecule has 9 nitrogen and oxygen atoms in total. The van der Waals surface area contributed by atoms with E-state index >= 15 is 0 Å². The molecular formula is C26H31N7O2. The molecule has 3 aliphatic rings. The molecule has 2 N–H and O–H groups in total. The van der Waals surface area contributed by atoms with Crippen molar-refractivity contribution in [2.75, 3.05) is 31.9 Å². The summed E-state index contributed by atoms with van der Waals surface area (Å²) in [6.07, 6.45) is 7.82. The third-order valence-corrected chi connectivity index (χ3v) is 7.50. The van der Waals surface area contributed by atoms with Gasteiger partial charge >= 0.3 is 0 Å². The van der Waals surface area contributed by atoms with Crippen molar-refractivity contribution in [1.82, 2.24) is 29.5 Å². The Balaban J connectivity index is 1.28. The number of fused-ring (bicyclic) bond motifs is 3. The van der Waals surface area contributed by atoms with Gasteiger partial charge in [-0.1, -0.05) is 30.8 Å². The van der Waals surface area contributed by atoms with E-state index in [0.29, 0.717) is 30.2 Å². The number of ether oxygens (including phenoxy) is 1. The van der Waals surface area contributed by atoms with Gasteiger partial charge in [0.25, 0.3) is 0 Å². The molecule has 6 rings (SSSR count). The van der Waals surface area contributed by atoms with Crippen LogP contribution < -0.4 is 5.73 Å². The van der Waals surface area contributed by atoms with Crippen molar-refractivity contribution in [3.05, 3.63) is 48.8 Å². The SMILES string of the molecule is C=CC(=O)N1CCCC(n2nc(-c3ccc(CN4CC5CCC(C4)O5)cc3)c3c(N)ncnc32)C1. The minimum Gasteiger partial charge on any atom is -0.383 e. The van der Waals surface area contributed by atoms with Crippen molar-refractivity contribution >= 4 is 22.8 Å². The van der Waals surface area contributed by atoms with E-state index < -0.39 is 0 Å². The molecule has 182 valence electrons. The highest BCUT2D eigenvalue weighted by Crippen LogP contribution is 2.34. The number of rotatable bonds is 5. The number of piperidine rings is 1. The van der Waals surface area contributed by atoms with Gasteiger partial charge < -0.3 is 15.4 Å². The van der Waals surface area contributed by atoms with Crippen LogP contribution in [0.25, 0.3) is 22.3 Å². The van der Waals surface area contributed by atoms with Gasteiger partial charge in [0, 0.05) is 38.3 Å². The Morgan fingerprint density at radius 2 is 1.89 bits per heavy atom. The molecule has 3 unspecified atom stereocenters. The summed E-state index contributed by atoms with van der Waals surface area (Å²) < 4.78 is 7.90. The van der Waals surface area contributed by atoms with Gasteiger partial charge in [-0.25, -0.2) is 14.6 Å². The number of amides is 1. The third kappa shape index (κ3) is 4.19. The molecule has 9 heteroatoms. The fraction of sp³-hybridized carbons (Fsp3) is 0.462. The van der Waals surface area contributed by atoms with Gasteiger partial charge in [0.2, 0.25) is 5.91 Å². The molecular weight excluding hydrogens is 442 g/mol. The predicted octanol–water partition coefficient (Wildman–Crippen LogP) is 2.79. The second-order valence-corrected chi connectivity index (χ2v) is 9.88. The first-order valence-electron chi connectivity index (χ1n) is 12.5. The number of aromatic nitrogens is 4. The Kier molecular flexibility index (Phi) is 5.74. The molecule has 0 saturated carbocycles. The molecule has 1 amide bonds. The van der Waals surface area contributed by atoms with Gasteiger partial charge in [-0.2, -0.15) is 5.10 Å². The summed E-state index contributed by atoms with van der Waals surface area (Å²) in [6, 6.07) is 8.58. The molecule has 0 aliphatic carbocycles. The van der Waals surface area contributed by atoms with Gasteiger partial charge in [0.1, 0.15) is 17.8 Å². The number of likely N-dealkylation sites (tertiary alicyclic amines) is 2. The summed E-state index contributed by atoms with van der Waals surface area (Å²) in [5.74, 6) is 0.364. The van der Waals surface area contributed by atoms with Crippen LogP contribution in [-0.2, 0) is 16.1 Å². The average molecular weight is 474 g/mol. The van der Waals surface area contributed by atoms with E-state index in [1.54, 1.807) is 0 Å². The van der Waals surface area contributed by atoms with Crippen LogP contribution in [-0.4, -0.2) is 73.8 Å². The lowest BCUT2D eigenvalue weighted by Gasteiger charge is -2.32. The first-order valence-corrected chi connectivity index (χ1v) is 12.5. The number of hydrogen-bond acceptors (Lipinski definition) is 7. The summed E-state index contributed by atoms with van der Waals surface area (Å²) >= 11 is 0. The summed E-state index contributed by atoms with van der Waals surface area (Å²) in [7, 11) is 0. The van der Waals surface area contributed by atoms with E-state index in [0.717, 1.165) is 55.7 Å². The number of nitrogen functional groups attached to an aromatic ring is 1. The van der Waals surface area contributed by atoms with Crippen molar-refractivity contribution < 1.29 is 9.53 Å². The molecule has 0 spiro atoms. The smallest absolute Gasteiger partial charge is 0.246 e. The number of carbonyl (C=O) groups is 1. The van der Waals surface area contributed by atoms with Crippen molar-refractivity contribution in [2.24, 2.45) is 0 Å². The highest BCUT2D eigenvalue weighted by Gasteiger charge is 2.33. The Bertz CT molecular complexity index is 1240. The van der Waals surface area contributed by atoms with Crippen molar-refractivity contribution in [3.8, 4) is 11.3 Å². The maximum Gasteiger partial charge on any atom is 0.246 e. The Morgan fingerprint density at radius 3 is 2.63 bits per heavy atom. The van der Waals surface area contributed by atoms with Crippen molar-refractivity contribution in [3.63, 3.8) is 0 Å². The van der Waals surface area contributed by atoms with Gasteiger partial charge in [0.15, 0.2) is 5.65 Å². The number of anilines is 1. The minimum absolute atomic E-state index is 0.0224. The molecule has 1 aromatic carbocycles. The van der Waals surface area contributed by atoms with Crippen LogP contribution >= 0.6 is 0 Å². The van der Waals surface area contributed by atoms with Crippen LogP contribution in [0.2, 0.25) is 0 Å². The van der Waals surface area contributed by atoms with Gasteiger partial charge in [-0.05, 0) is 37.3 Å². The monoisotopic (exact) mass is 473 g/mol. The van der Waals surface area contributed by atoms with Gasteiger partial charge in [0.05, 0.1) is 23.6 Å². The fourth-order valence-electron chi connectivity index (χ4n) is 5.79. The van der Waals surface area contributed by atoms with Crippen LogP contribution in [0.1, 0.15) is 37.3 Å². The Labute approximate surface area is 204 Å². The molecule has 2 bridgehead atoms. The number of hydrogen-bond donors (Lipinski definition) is 1. The van der Waals surface area contributed by atoms with E-state index in [9.17, 15) is 4.79 Å². The summed E-state index contributed by atoms with van der Waals surface area (Å²) in [4.78, 5) is 25.3. The Morgan fingerprint density at radius 1 is 1.11 bits per heavy atom. The number of morpholine rings is 1. The van der Waals surface area contributed by atoms with Crippen LogP contribution in [0.5, 0.6) is 0 Å². The summed E-state index contributed by atoms with van der Waals surface area (Å²) in [5.41, 5.74) is 10.1. The van der Waals surface area contributed by atoms with E-state index in [4.69, 9.17) is 15.6 Å². The number of benzene rings is 1. The fourth-order valence-corrected chi connectivity index (χ4v) is 5.79. The molecule has 3 aliphatic heterocycles. The zero-order valence-corrected chi connectivity index (χ0v) is 19.8. The van der Waals surface area contributed by atoms with Crippen molar-refractivity contribution in [2.45, 2.75) is 50.5 Å². The molecule has 3 saturated heterocycles. The molecule has 35 heavy (non-hydrogen) atoms. The summed E-state index contributed by atoms with van der Waals surface area (Å²) in [5, 5.41) is 5.74. The maximum atomic E-state index is 12.2. The Hall–Kier alpha value is -3.30. The molecule has 3 atom stereocenters. The highest BCUT2D eigenvalue weighted by atomic mass is 16.5. The first kappa shape index (κ1) is 22.2. The largest absolute Gasteiger partial charge is 0.383 e. The number of carbonyl (C=O) groups excluding carboxylic acids is 1. The summed E-state index contributed by atoms with van der Waals surface area (Å²) in [6.45, 7) is 7.88. The lowest BCUT2D eigenvalue weighted by Crippen LogP contribution is -2.41. The van der Waals surface area contributed by atoms with Gasteiger partial charge in [-0.3, -0.25) is 9.69 Å². The molecule has 0 radical (unpaired) electrons. The molecule has 3 fully saturated rings. The topological polar surface area (TPSA) is 102 Å². The predicted molar refractivity (Wildman–Crippen MR) is 133 cm³/mol. The highest BCUT2D eigenvalue weighted by molar-refractivity contribution is 5.98. The molecule has 3 aromatic rings. The van der Waals surface area contributed by atoms with E-state index in [1.807, 2.05) is 9.58 Å². The van der Waals surface area contributed by atoms with Crippen LogP contribution in [0.3, 0.4) is 0 Å². The normalized spacial score (nSPS) is 24.7. The van der Waals surface area contributed by atoms with Crippen molar-refractivity contribution in [1.29, 1.82) is 0 Å². The van der Waals surface area contributed by atoms with E-state index in [2.05, 4.69) is 45.7 Å².